The highest BCUT2D eigenvalue weighted by atomic mass is 35.5. The first kappa shape index (κ1) is 19.7. The van der Waals surface area contributed by atoms with E-state index in [0.29, 0.717) is 18.1 Å². The molecule has 1 heterocycles. The van der Waals surface area contributed by atoms with Gasteiger partial charge in [-0.05, 0) is 24.1 Å². The second-order valence-corrected chi connectivity index (χ2v) is 7.01. The molecule has 6 heteroatoms. The van der Waals surface area contributed by atoms with Gasteiger partial charge in [0.1, 0.15) is 0 Å². The molecule has 0 aromatic heterocycles. The van der Waals surface area contributed by atoms with Crippen molar-refractivity contribution >= 4 is 23.4 Å². The molecule has 5 nitrogen and oxygen atoms in total. The van der Waals surface area contributed by atoms with Crippen LogP contribution in [-0.4, -0.2) is 53.5 Å². The Labute approximate surface area is 154 Å². The van der Waals surface area contributed by atoms with Gasteiger partial charge >= 0.3 is 0 Å². The predicted octanol–water partition coefficient (Wildman–Crippen LogP) is 2.87. The number of amides is 2. The minimum Gasteiger partial charge on any atom is -0.395 e. The summed E-state index contributed by atoms with van der Waals surface area (Å²) in [4.78, 5) is 28.7. The quantitative estimate of drug-likeness (QED) is 0.719. The van der Waals surface area contributed by atoms with E-state index in [1.807, 2.05) is 18.2 Å². The molecule has 0 saturated carbocycles. The summed E-state index contributed by atoms with van der Waals surface area (Å²) in [6.45, 7) is 2.96. The Morgan fingerprint density at radius 2 is 2.12 bits per heavy atom. The molecule has 1 aliphatic heterocycles. The van der Waals surface area contributed by atoms with Crippen LogP contribution in [0.5, 0.6) is 0 Å². The summed E-state index contributed by atoms with van der Waals surface area (Å²) in [5, 5.41) is 9.91. The SMILES string of the molecule is CCCCCN(CCO)C(=O)[C@@H]1CC(=O)N(C)[C@H]1c1cccc(Cl)c1. The fourth-order valence-electron chi connectivity index (χ4n) is 3.48. The number of aliphatic hydroxyl groups is 1. The van der Waals surface area contributed by atoms with Crippen molar-refractivity contribution in [3.63, 3.8) is 0 Å². The van der Waals surface area contributed by atoms with Crippen molar-refractivity contribution in [2.24, 2.45) is 5.92 Å². The minimum absolute atomic E-state index is 0.0409. The average molecular weight is 367 g/mol. The zero-order chi connectivity index (χ0) is 18.4. The molecule has 1 fully saturated rings. The highest BCUT2D eigenvalue weighted by Crippen LogP contribution is 2.38. The van der Waals surface area contributed by atoms with Crippen LogP contribution in [0.4, 0.5) is 0 Å². The van der Waals surface area contributed by atoms with Crippen LogP contribution in [0.2, 0.25) is 5.02 Å². The molecular weight excluding hydrogens is 340 g/mol. The maximum absolute atomic E-state index is 13.1. The molecular formula is C19H27ClN2O3. The Balaban J connectivity index is 2.23. The zero-order valence-electron chi connectivity index (χ0n) is 14.9. The van der Waals surface area contributed by atoms with Crippen LogP contribution in [0.1, 0.15) is 44.2 Å². The number of hydrogen-bond donors (Lipinski definition) is 1. The number of aliphatic hydroxyl groups excluding tert-OH is 1. The lowest BCUT2D eigenvalue weighted by atomic mass is 9.92. The van der Waals surface area contributed by atoms with Gasteiger partial charge in [0.25, 0.3) is 0 Å². The highest BCUT2D eigenvalue weighted by Gasteiger charge is 2.44. The van der Waals surface area contributed by atoms with Crippen LogP contribution < -0.4 is 0 Å². The predicted molar refractivity (Wildman–Crippen MR) is 98.3 cm³/mol. The first-order valence-corrected chi connectivity index (χ1v) is 9.28. The summed E-state index contributed by atoms with van der Waals surface area (Å²) in [6.07, 6.45) is 3.20. The van der Waals surface area contributed by atoms with Gasteiger partial charge in [0.15, 0.2) is 0 Å². The standard InChI is InChI=1S/C19H27ClN2O3/c1-3-4-5-9-22(10-11-23)19(25)16-13-17(24)21(2)18(16)14-7-6-8-15(20)12-14/h6-8,12,16,18,23H,3-5,9-11,13H2,1-2H3/t16-,18+/m1/s1. The molecule has 0 aliphatic carbocycles. The Kier molecular flexibility index (Phi) is 7.26. The average Bonchev–Trinajstić information content (AvgIpc) is 2.89. The number of likely N-dealkylation sites (tertiary alicyclic amines) is 1. The molecule has 1 aromatic carbocycles. The largest absolute Gasteiger partial charge is 0.395 e. The summed E-state index contributed by atoms with van der Waals surface area (Å²) in [7, 11) is 1.73. The summed E-state index contributed by atoms with van der Waals surface area (Å²) in [6, 6.07) is 7.02. The van der Waals surface area contributed by atoms with E-state index in [-0.39, 0.29) is 30.9 Å². The molecule has 2 rings (SSSR count). The van der Waals surface area contributed by atoms with Gasteiger partial charge in [0, 0.05) is 31.6 Å². The third kappa shape index (κ3) is 4.73. The van der Waals surface area contributed by atoms with Crippen LogP contribution in [-0.2, 0) is 9.59 Å². The molecule has 0 bridgehead atoms. The smallest absolute Gasteiger partial charge is 0.228 e. The summed E-state index contributed by atoms with van der Waals surface area (Å²) >= 11 is 6.10. The molecule has 1 aliphatic rings. The Hall–Kier alpha value is -1.59. The maximum Gasteiger partial charge on any atom is 0.228 e. The van der Waals surface area contributed by atoms with E-state index in [9.17, 15) is 14.7 Å². The molecule has 1 saturated heterocycles. The summed E-state index contributed by atoms with van der Waals surface area (Å²) < 4.78 is 0. The number of rotatable bonds is 8. The summed E-state index contributed by atoms with van der Waals surface area (Å²) in [5.41, 5.74) is 0.872. The Morgan fingerprint density at radius 1 is 1.36 bits per heavy atom. The van der Waals surface area contributed by atoms with Gasteiger partial charge < -0.3 is 14.9 Å². The molecule has 0 spiro atoms. The van der Waals surface area contributed by atoms with Gasteiger partial charge in [-0.1, -0.05) is 43.5 Å². The second-order valence-electron chi connectivity index (χ2n) is 6.57. The van der Waals surface area contributed by atoms with E-state index in [0.717, 1.165) is 24.8 Å². The van der Waals surface area contributed by atoms with Crippen LogP contribution in [0, 0.1) is 5.92 Å². The third-order valence-corrected chi connectivity index (χ3v) is 5.04. The van der Waals surface area contributed by atoms with E-state index < -0.39 is 5.92 Å². The Bertz CT molecular complexity index is 608. The zero-order valence-corrected chi connectivity index (χ0v) is 15.7. The second kappa shape index (κ2) is 9.20. The van der Waals surface area contributed by atoms with Gasteiger partial charge in [0.05, 0.1) is 18.6 Å². The van der Waals surface area contributed by atoms with Crippen LogP contribution in [0.15, 0.2) is 24.3 Å². The molecule has 2 atom stereocenters. The van der Waals surface area contributed by atoms with E-state index in [2.05, 4.69) is 6.92 Å². The molecule has 0 radical (unpaired) electrons. The fraction of sp³-hybridized carbons (Fsp3) is 0.579. The Morgan fingerprint density at radius 3 is 2.76 bits per heavy atom. The van der Waals surface area contributed by atoms with Crippen molar-refractivity contribution < 1.29 is 14.7 Å². The molecule has 1 N–H and O–H groups in total. The van der Waals surface area contributed by atoms with Crippen LogP contribution in [0.25, 0.3) is 0 Å². The number of benzene rings is 1. The lowest BCUT2D eigenvalue weighted by Gasteiger charge is -2.30. The van der Waals surface area contributed by atoms with Gasteiger partial charge in [-0.3, -0.25) is 9.59 Å². The van der Waals surface area contributed by atoms with Gasteiger partial charge in [0.2, 0.25) is 11.8 Å². The monoisotopic (exact) mass is 366 g/mol. The number of carbonyl (C=O) groups is 2. The number of hydrogen-bond acceptors (Lipinski definition) is 3. The molecule has 25 heavy (non-hydrogen) atoms. The highest BCUT2D eigenvalue weighted by molar-refractivity contribution is 6.30. The normalized spacial score (nSPS) is 20.2. The number of halogens is 1. The van der Waals surface area contributed by atoms with Crippen molar-refractivity contribution in [1.82, 2.24) is 9.80 Å². The first-order valence-electron chi connectivity index (χ1n) is 8.90. The van der Waals surface area contributed by atoms with Gasteiger partial charge in [-0.15, -0.1) is 0 Å². The number of unbranched alkanes of at least 4 members (excludes halogenated alkanes) is 2. The van der Waals surface area contributed by atoms with Crippen molar-refractivity contribution in [2.75, 3.05) is 26.7 Å². The van der Waals surface area contributed by atoms with E-state index in [1.54, 1.807) is 22.9 Å². The van der Waals surface area contributed by atoms with E-state index >= 15 is 0 Å². The topological polar surface area (TPSA) is 60.9 Å². The van der Waals surface area contributed by atoms with Crippen molar-refractivity contribution in [1.29, 1.82) is 0 Å². The molecule has 2 amide bonds. The van der Waals surface area contributed by atoms with E-state index in [1.165, 1.54) is 0 Å². The van der Waals surface area contributed by atoms with Crippen molar-refractivity contribution in [2.45, 2.75) is 38.6 Å². The van der Waals surface area contributed by atoms with Crippen molar-refractivity contribution in [3.05, 3.63) is 34.9 Å². The lowest BCUT2D eigenvalue weighted by molar-refractivity contribution is -0.137. The van der Waals surface area contributed by atoms with Gasteiger partial charge in [-0.2, -0.15) is 0 Å². The summed E-state index contributed by atoms with van der Waals surface area (Å²) in [5.74, 6) is -0.544. The molecule has 0 unspecified atom stereocenters. The fourth-order valence-corrected chi connectivity index (χ4v) is 3.68. The molecule has 138 valence electrons. The van der Waals surface area contributed by atoms with Crippen molar-refractivity contribution in [3.8, 4) is 0 Å². The third-order valence-electron chi connectivity index (χ3n) is 4.81. The molecule has 1 aromatic rings. The van der Waals surface area contributed by atoms with Gasteiger partial charge in [-0.25, -0.2) is 0 Å². The maximum atomic E-state index is 13.1. The van der Waals surface area contributed by atoms with Crippen LogP contribution in [0.3, 0.4) is 0 Å². The van der Waals surface area contributed by atoms with E-state index in [4.69, 9.17) is 11.6 Å². The first-order chi connectivity index (χ1) is 12.0. The minimum atomic E-state index is -0.441. The number of nitrogens with zero attached hydrogens (tertiary/aromatic N) is 2. The van der Waals surface area contributed by atoms with Crippen LogP contribution >= 0.6 is 11.6 Å². The number of carbonyl (C=O) groups excluding carboxylic acids is 2. The lowest BCUT2D eigenvalue weighted by Crippen LogP contribution is -2.40.